The Morgan fingerprint density at radius 1 is 1.16 bits per heavy atom. The van der Waals surface area contributed by atoms with Gasteiger partial charge in [0.15, 0.2) is 0 Å². The van der Waals surface area contributed by atoms with Crippen LogP contribution in [0.15, 0.2) is 18.2 Å². The van der Waals surface area contributed by atoms with E-state index in [1.165, 1.54) is 30.2 Å². The van der Waals surface area contributed by atoms with Crippen LogP contribution in [0.5, 0.6) is 0 Å². The van der Waals surface area contributed by atoms with E-state index in [1.54, 1.807) is 0 Å². The average molecular weight is 461 g/mol. The number of amides is 1. The number of halogens is 2. The normalized spacial score (nSPS) is 27.2. The summed E-state index contributed by atoms with van der Waals surface area (Å²) in [5.41, 5.74) is 0.141. The fraction of sp³-hybridized carbons (Fsp3) is 0.667. The summed E-state index contributed by atoms with van der Waals surface area (Å²) in [6.07, 6.45) is 4.15. The van der Waals surface area contributed by atoms with Crippen LogP contribution in [0.2, 0.25) is 0 Å². The van der Waals surface area contributed by atoms with E-state index in [2.05, 4.69) is 4.72 Å². The second kappa shape index (κ2) is 10.2. The number of likely N-dealkylation sites (tertiary alicyclic amines) is 1. The van der Waals surface area contributed by atoms with E-state index in [0.717, 1.165) is 6.26 Å². The molecular formula is C21H30F2N2O5S. The molecule has 1 aromatic carbocycles. The third kappa shape index (κ3) is 6.14. The summed E-state index contributed by atoms with van der Waals surface area (Å²) >= 11 is 0. The molecule has 0 spiro atoms. The third-order valence-electron chi connectivity index (χ3n) is 6.14. The molecule has 1 amide bonds. The number of piperidine rings is 1. The molecule has 1 saturated heterocycles. The van der Waals surface area contributed by atoms with Crippen molar-refractivity contribution in [3.63, 3.8) is 0 Å². The van der Waals surface area contributed by atoms with Crippen molar-refractivity contribution < 1.29 is 31.5 Å². The van der Waals surface area contributed by atoms with Crippen molar-refractivity contribution in [3.05, 3.63) is 35.4 Å². The number of hydrogen-bond donors (Lipinski definition) is 1. The van der Waals surface area contributed by atoms with Gasteiger partial charge in [-0.1, -0.05) is 6.07 Å². The maximum absolute atomic E-state index is 14.1. The Labute approximate surface area is 182 Å². The molecule has 0 bridgehead atoms. The number of benzene rings is 1. The van der Waals surface area contributed by atoms with Gasteiger partial charge < -0.3 is 14.4 Å². The van der Waals surface area contributed by atoms with E-state index in [-0.39, 0.29) is 24.2 Å². The summed E-state index contributed by atoms with van der Waals surface area (Å²) in [6, 6.07) is 2.96. The Morgan fingerprint density at radius 3 is 2.39 bits per heavy atom. The number of nitrogens with zero attached hydrogens (tertiary/aromatic N) is 1. The van der Waals surface area contributed by atoms with Gasteiger partial charge in [-0.15, -0.1) is 0 Å². The first-order chi connectivity index (χ1) is 14.7. The van der Waals surface area contributed by atoms with Crippen molar-refractivity contribution in [2.75, 3.05) is 26.5 Å². The number of ether oxygens (including phenoxy) is 2. The summed E-state index contributed by atoms with van der Waals surface area (Å²) in [5, 5.41) is 0. The zero-order valence-corrected chi connectivity index (χ0v) is 18.7. The second-order valence-electron chi connectivity index (χ2n) is 8.31. The number of nitrogens with one attached hydrogen (secondary N) is 1. The van der Waals surface area contributed by atoms with Crippen molar-refractivity contribution in [1.82, 2.24) is 9.62 Å². The molecule has 1 heterocycles. The summed E-state index contributed by atoms with van der Waals surface area (Å²) in [5.74, 6) is -1.23. The number of methoxy groups -OCH3 is 1. The maximum Gasteiger partial charge on any atom is 0.409 e. The highest BCUT2D eigenvalue weighted by atomic mass is 32.2. The maximum atomic E-state index is 14.1. The van der Waals surface area contributed by atoms with Gasteiger partial charge in [0.05, 0.1) is 32.1 Å². The number of carbonyl (C=O) groups is 1. The quantitative estimate of drug-likeness (QED) is 0.705. The van der Waals surface area contributed by atoms with Crippen molar-refractivity contribution in [2.24, 2.45) is 0 Å². The van der Waals surface area contributed by atoms with Gasteiger partial charge in [-0.25, -0.2) is 26.7 Å². The third-order valence-corrected chi connectivity index (χ3v) is 6.87. The summed E-state index contributed by atoms with van der Waals surface area (Å²) in [6.45, 7) is 0.619. The van der Waals surface area contributed by atoms with Crippen LogP contribution in [0.3, 0.4) is 0 Å². The molecule has 2 aliphatic rings. The molecule has 10 heteroatoms. The molecule has 1 N–H and O–H groups in total. The van der Waals surface area contributed by atoms with Crippen LogP contribution in [0, 0.1) is 11.6 Å². The van der Waals surface area contributed by atoms with Gasteiger partial charge in [0, 0.05) is 18.2 Å². The van der Waals surface area contributed by atoms with E-state index in [4.69, 9.17) is 9.47 Å². The highest BCUT2D eigenvalue weighted by Crippen LogP contribution is 2.36. The first-order valence-electron chi connectivity index (χ1n) is 10.6. The van der Waals surface area contributed by atoms with Gasteiger partial charge >= 0.3 is 6.09 Å². The highest BCUT2D eigenvalue weighted by Gasteiger charge is 2.37. The Bertz CT molecular complexity index is 854. The molecule has 2 atom stereocenters. The SMILES string of the molecule is COC(=O)N1CCC[C@H](NS(C)(=O)=O)[C@@H]1COC1CCC(c2c(F)cccc2F)CC1. The first kappa shape index (κ1) is 23.9. The van der Waals surface area contributed by atoms with Crippen LogP contribution in [0.4, 0.5) is 13.6 Å². The topological polar surface area (TPSA) is 84.9 Å². The van der Waals surface area contributed by atoms with E-state index >= 15 is 0 Å². The Morgan fingerprint density at radius 2 is 1.81 bits per heavy atom. The molecule has 0 aromatic heterocycles. The minimum Gasteiger partial charge on any atom is -0.453 e. The van der Waals surface area contributed by atoms with E-state index in [9.17, 15) is 22.0 Å². The van der Waals surface area contributed by atoms with Gasteiger partial charge in [0.1, 0.15) is 11.6 Å². The monoisotopic (exact) mass is 460 g/mol. The van der Waals surface area contributed by atoms with Crippen LogP contribution >= 0.6 is 0 Å². The van der Waals surface area contributed by atoms with Crippen molar-refractivity contribution >= 4 is 16.1 Å². The van der Waals surface area contributed by atoms with Gasteiger partial charge in [-0.05, 0) is 56.6 Å². The zero-order chi connectivity index (χ0) is 22.6. The fourth-order valence-corrected chi connectivity index (χ4v) is 5.50. The summed E-state index contributed by atoms with van der Waals surface area (Å²) in [4.78, 5) is 13.7. The molecule has 0 unspecified atom stereocenters. The smallest absolute Gasteiger partial charge is 0.409 e. The summed E-state index contributed by atoms with van der Waals surface area (Å²) in [7, 11) is -2.17. The lowest BCUT2D eigenvalue weighted by atomic mass is 9.82. The molecule has 31 heavy (non-hydrogen) atoms. The van der Waals surface area contributed by atoms with Gasteiger partial charge in [0.2, 0.25) is 10.0 Å². The van der Waals surface area contributed by atoms with Gasteiger partial charge in [0.25, 0.3) is 0 Å². The molecule has 0 radical (unpaired) electrons. The number of carbonyl (C=O) groups excluding carboxylic acids is 1. The molecule has 1 saturated carbocycles. The first-order valence-corrected chi connectivity index (χ1v) is 12.5. The fourth-order valence-electron chi connectivity index (χ4n) is 4.67. The van der Waals surface area contributed by atoms with Crippen LogP contribution in [0.1, 0.15) is 50.0 Å². The molecule has 174 valence electrons. The zero-order valence-electron chi connectivity index (χ0n) is 17.9. The molecule has 7 nitrogen and oxygen atoms in total. The second-order valence-corrected chi connectivity index (χ2v) is 10.1. The average Bonchev–Trinajstić information content (AvgIpc) is 2.72. The number of rotatable bonds is 6. The minimum atomic E-state index is -3.46. The van der Waals surface area contributed by atoms with Crippen LogP contribution in [-0.2, 0) is 19.5 Å². The Balaban J connectivity index is 1.62. The predicted molar refractivity (Wildman–Crippen MR) is 111 cm³/mol. The lowest BCUT2D eigenvalue weighted by molar-refractivity contribution is -0.0247. The number of sulfonamides is 1. The van der Waals surface area contributed by atoms with Crippen LogP contribution in [0.25, 0.3) is 0 Å². The van der Waals surface area contributed by atoms with Crippen molar-refractivity contribution in [2.45, 2.75) is 62.6 Å². The van der Waals surface area contributed by atoms with E-state index < -0.39 is 39.8 Å². The predicted octanol–water partition coefficient (Wildman–Crippen LogP) is 3.16. The summed E-state index contributed by atoms with van der Waals surface area (Å²) < 4.78 is 65.2. The van der Waals surface area contributed by atoms with E-state index in [0.29, 0.717) is 45.1 Å². The van der Waals surface area contributed by atoms with Crippen LogP contribution < -0.4 is 4.72 Å². The standard InChI is InChI=1S/C21H30F2N2O5S/c1-29-21(26)25-12-4-7-18(24-31(2,27)28)19(25)13-30-15-10-8-14(9-11-15)20-16(22)5-3-6-17(20)23/h3,5-6,14-15,18-19,24H,4,7-13H2,1-2H3/t14?,15?,18-,19-/m0/s1. The Kier molecular flexibility index (Phi) is 7.87. The molecule has 1 aromatic rings. The lowest BCUT2D eigenvalue weighted by Crippen LogP contribution is -2.59. The number of hydrogen-bond acceptors (Lipinski definition) is 5. The van der Waals surface area contributed by atoms with Crippen LogP contribution in [-0.4, -0.2) is 64.1 Å². The highest BCUT2D eigenvalue weighted by molar-refractivity contribution is 7.88. The van der Waals surface area contributed by atoms with E-state index in [1.807, 2.05) is 0 Å². The van der Waals surface area contributed by atoms with Crippen molar-refractivity contribution in [1.29, 1.82) is 0 Å². The molecule has 3 rings (SSSR count). The minimum absolute atomic E-state index is 0.119. The largest absolute Gasteiger partial charge is 0.453 e. The van der Waals surface area contributed by atoms with Gasteiger partial charge in [-0.2, -0.15) is 0 Å². The van der Waals surface area contributed by atoms with Crippen molar-refractivity contribution in [3.8, 4) is 0 Å². The molecule has 1 aliphatic heterocycles. The Hall–Kier alpha value is -1.78. The van der Waals surface area contributed by atoms with Gasteiger partial charge in [-0.3, -0.25) is 0 Å². The molecule has 2 fully saturated rings. The molecular weight excluding hydrogens is 430 g/mol. The lowest BCUT2D eigenvalue weighted by Gasteiger charge is -2.41. The molecule has 1 aliphatic carbocycles.